The molecule has 1 aromatic carbocycles. The van der Waals surface area contributed by atoms with Crippen LogP contribution in [-0.4, -0.2) is 23.5 Å². The van der Waals surface area contributed by atoms with Crippen molar-refractivity contribution in [1.29, 1.82) is 0 Å². The van der Waals surface area contributed by atoms with Crippen LogP contribution in [-0.2, 0) is 14.7 Å². The summed E-state index contributed by atoms with van der Waals surface area (Å²) in [6.45, 7) is 13.6. The molecule has 0 fully saturated rings. The van der Waals surface area contributed by atoms with Gasteiger partial charge in [0, 0.05) is 12.1 Å². The molecule has 0 aliphatic rings. The Kier molecular flexibility index (Phi) is 16.8. The summed E-state index contributed by atoms with van der Waals surface area (Å²) in [7, 11) is 14.9. The Bertz CT molecular complexity index is 210. The number of nitrogens with zero attached hydrogens (tertiary/aromatic N) is 1. The Morgan fingerprint density at radius 3 is 1.44 bits per heavy atom. The second-order valence-corrected chi connectivity index (χ2v) is 11.8. The van der Waals surface area contributed by atoms with E-state index in [2.05, 4.69) is 39.5 Å². The summed E-state index contributed by atoms with van der Waals surface area (Å²) in [5, 5.41) is 0. The van der Waals surface area contributed by atoms with E-state index in [0.717, 1.165) is 6.54 Å². The zero-order chi connectivity index (χ0) is 14.6. The van der Waals surface area contributed by atoms with Crippen LogP contribution >= 0.6 is 27.9 Å². The summed E-state index contributed by atoms with van der Waals surface area (Å²) >= 11 is -1.92. The molecule has 0 atom stereocenters. The normalized spacial score (nSPS) is 9.72. The Morgan fingerprint density at radius 2 is 1.39 bits per heavy atom. The molecule has 0 amide bonds. The topological polar surface area (TPSA) is 3.24 Å². The molecule has 1 nitrogen and oxygen atoms in total. The van der Waals surface area contributed by atoms with Crippen molar-refractivity contribution in [2.24, 2.45) is 0 Å². The van der Waals surface area contributed by atoms with Gasteiger partial charge in [0.15, 0.2) is 0 Å². The monoisotopic (exact) mass is 346 g/mol. The smallest absolute Gasteiger partial charge is 0.172 e. The van der Waals surface area contributed by atoms with Crippen molar-refractivity contribution in [3.05, 3.63) is 37.3 Å². The van der Waals surface area contributed by atoms with Crippen LogP contribution in [0.15, 0.2) is 30.3 Å². The molecule has 0 aromatic heterocycles. The van der Waals surface area contributed by atoms with E-state index in [0.29, 0.717) is 12.1 Å². The van der Waals surface area contributed by atoms with E-state index >= 15 is 0 Å². The molecule has 0 unspecified atom stereocenters. The van der Waals surface area contributed by atoms with Crippen LogP contribution in [0.5, 0.6) is 0 Å². The number of hydrogen-bond acceptors (Lipinski definition) is 1. The maximum atomic E-state index is 4.97. The number of halogens is 3. The minimum Gasteiger partial charge on any atom is -0.214 e. The fraction of sp³-hybridized carbons (Fsp3) is 0.538. The zero-order valence-corrected chi connectivity index (χ0v) is 15.4. The van der Waals surface area contributed by atoms with Gasteiger partial charge in [0.25, 0.3) is 0 Å². The van der Waals surface area contributed by atoms with E-state index in [1.54, 1.807) is 0 Å². The van der Waals surface area contributed by atoms with Gasteiger partial charge in [0.05, 0.1) is 0 Å². The second kappa shape index (κ2) is 14.3. The van der Waals surface area contributed by atoms with Crippen LogP contribution in [0.1, 0.15) is 27.7 Å². The largest absolute Gasteiger partial charge is 0.214 e. The Labute approximate surface area is 130 Å². The van der Waals surface area contributed by atoms with Crippen molar-refractivity contribution in [2.75, 3.05) is 6.54 Å². The summed E-state index contributed by atoms with van der Waals surface area (Å²) < 4.78 is 0. The SMILES string of the molecule is [CH2-]CN(C(C)C)C(C)C.[Cl][Ti]([Cl])[Cl].c1cc[cH-]c1. The average molecular weight is 348 g/mol. The van der Waals surface area contributed by atoms with Gasteiger partial charge in [0.1, 0.15) is 0 Å². The van der Waals surface area contributed by atoms with Crippen molar-refractivity contribution >= 4 is 27.9 Å². The first kappa shape index (κ1) is 21.2. The predicted molar refractivity (Wildman–Crippen MR) is 81.9 cm³/mol. The molecular weight excluding hydrogens is 324 g/mol. The van der Waals surface area contributed by atoms with Crippen molar-refractivity contribution in [3.8, 4) is 0 Å². The van der Waals surface area contributed by atoms with Crippen LogP contribution in [0, 0.1) is 6.92 Å². The summed E-state index contributed by atoms with van der Waals surface area (Å²) in [6.07, 6.45) is 0. The Balaban J connectivity index is 0. The minimum atomic E-state index is -1.92. The first-order valence-corrected chi connectivity index (χ1v) is 12.3. The first-order chi connectivity index (χ1) is 8.32. The molecule has 5 heteroatoms. The van der Waals surface area contributed by atoms with Gasteiger partial charge in [-0.05, 0) is 27.7 Å². The third-order valence-electron chi connectivity index (χ3n) is 2.14. The molecule has 1 aromatic rings. The minimum absolute atomic E-state index is 0.627. The van der Waals surface area contributed by atoms with Crippen LogP contribution in [0.3, 0.4) is 0 Å². The summed E-state index contributed by atoms with van der Waals surface area (Å²) in [6, 6.07) is 11.3. The van der Waals surface area contributed by atoms with E-state index in [1.807, 2.05) is 30.3 Å². The van der Waals surface area contributed by atoms with E-state index in [1.165, 1.54) is 0 Å². The van der Waals surface area contributed by atoms with E-state index < -0.39 is 14.7 Å². The summed E-state index contributed by atoms with van der Waals surface area (Å²) in [5.74, 6) is 0. The quantitative estimate of drug-likeness (QED) is 0.522. The van der Waals surface area contributed by atoms with E-state index in [4.69, 9.17) is 27.9 Å². The zero-order valence-electron chi connectivity index (χ0n) is 11.5. The molecule has 0 saturated heterocycles. The van der Waals surface area contributed by atoms with Gasteiger partial charge in [-0.1, -0.05) is 0 Å². The van der Waals surface area contributed by atoms with Gasteiger partial charge in [-0.3, -0.25) is 0 Å². The fourth-order valence-corrected chi connectivity index (χ4v) is 1.43. The van der Waals surface area contributed by atoms with Crippen molar-refractivity contribution < 1.29 is 14.7 Å². The molecule has 0 bridgehead atoms. The molecule has 0 saturated carbocycles. The van der Waals surface area contributed by atoms with Gasteiger partial charge in [-0.15, -0.1) is 6.54 Å². The molecule has 107 valence electrons. The molecule has 0 heterocycles. The van der Waals surface area contributed by atoms with Crippen molar-refractivity contribution in [1.82, 2.24) is 4.90 Å². The summed E-state index contributed by atoms with van der Waals surface area (Å²) in [5.41, 5.74) is 0. The third-order valence-corrected chi connectivity index (χ3v) is 2.14. The Morgan fingerprint density at radius 1 is 1.06 bits per heavy atom. The first-order valence-electron chi connectivity index (χ1n) is 5.88. The van der Waals surface area contributed by atoms with Crippen LogP contribution < -0.4 is 0 Å². The molecule has 0 N–H and O–H groups in total. The van der Waals surface area contributed by atoms with Gasteiger partial charge in [-0.25, -0.2) is 12.1 Å². The van der Waals surface area contributed by atoms with E-state index in [-0.39, 0.29) is 0 Å². The maximum absolute atomic E-state index is 4.97. The van der Waals surface area contributed by atoms with E-state index in [9.17, 15) is 0 Å². The van der Waals surface area contributed by atoms with Crippen LogP contribution in [0.2, 0.25) is 0 Å². The predicted octanol–water partition coefficient (Wildman–Crippen LogP) is 5.41. The Hall–Kier alpha value is 0.894. The molecule has 0 aliphatic carbocycles. The average Bonchev–Trinajstić information content (AvgIpc) is 2.73. The van der Waals surface area contributed by atoms with Crippen LogP contribution in [0.25, 0.3) is 0 Å². The fourth-order valence-electron chi connectivity index (χ4n) is 1.43. The number of hydrogen-bond donors (Lipinski definition) is 0. The second-order valence-electron chi connectivity index (χ2n) is 4.10. The van der Waals surface area contributed by atoms with Gasteiger partial charge < -0.3 is 11.8 Å². The maximum Gasteiger partial charge on any atom is -0.172 e. The molecule has 0 aliphatic heterocycles. The molecule has 18 heavy (non-hydrogen) atoms. The van der Waals surface area contributed by atoms with Gasteiger partial charge >= 0.3 is 42.6 Å². The standard InChI is InChI=1S/C8H18N.C5H5.3ClH.Ti/c1-6-9(7(2)3)8(4)5;1-2-4-5-3-1;;;;/h7-8H,1,6H2,2-5H3;1-5H;3*1H;/q2*-1;;;;+3/p-3. The van der Waals surface area contributed by atoms with Crippen molar-refractivity contribution in [3.63, 3.8) is 0 Å². The molecule has 0 spiro atoms. The molecular formula is C13H23Cl3NTi-2. The number of rotatable bonds is 3. The van der Waals surface area contributed by atoms with Crippen LogP contribution in [0.4, 0.5) is 0 Å². The molecule has 0 radical (unpaired) electrons. The summed E-state index contributed by atoms with van der Waals surface area (Å²) in [4.78, 5) is 2.35. The van der Waals surface area contributed by atoms with Gasteiger partial charge in [0.2, 0.25) is 0 Å². The van der Waals surface area contributed by atoms with Gasteiger partial charge in [-0.2, -0.15) is 18.2 Å². The molecule has 1 rings (SSSR count). The third kappa shape index (κ3) is 16.9. The van der Waals surface area contributed by atoms with Crippen molar-refractivity contribution in [2.45, 2.75) is 39.8 Å².